The number of amides is 1. The zero-order valence-corrected chi connectivity index (χ0v) is 16.9. The van der Waals surface area contributed by atoms with Crippen LogP contribution in [0.5, 0.6) is 0 Å². The van der Waals surface area contributed by atoms with E-state index in [2.05, 4.69) is 15.4 Å². The van der Waals surface area contributed by atoms with E-state index in [1.165, 1.54) is 10.6 Å². The van der Waals surface area contributed by atoms with E-state index in [-0.39, 0.29) is 11.9 Å². The van der Waals surface area contributed by atoms with Crippen LogP contribution in [0.25, 0.3) is 11.0 Å². The van der Waals surface area contributed by atoms with Crippen molar-refractivity contribution >= 4 is 38.3 Å². The Bertz CT molecular complexity index is 1220. The first-order chi connectivity index (χ1) is 13.1. The van der Waals surface area contributed by atoms with E-state index in [9.17, 15) is 13.2 Å². The third-order valence-electron chi connectivity index (χ3n) is 4.97. The molecule has 3 aromatic rings. The maximum Gasteiger partial charge on any atom is 0.255 e. The molecular weight excluding hydrogens is 378 g/mol. The number of sulfonamides is 1. The van der Waals surface area contributed by atoms with Gasteiger partial charge in [0.05, 0.1) is 29.5 Å². The van der Waals surface area contributed by atoms with Crippen molar-refractivity contribution in [3.05, 3.63) is 47.3 Å². The summed E-state index contributed by atoms with van der Waals surface area (Å²) in [4.78, 5) is 17.1. The molecule has 0 aliphatic carbocycles. The van der Waals surface area contributed by atoms with Crippen LogP contribution >= 0.6 is 0 Å². The van der Waals surface area contributed by atoms with Gasteiger partial charge in [-0.3, -0.25) is 13.8 Å². The van der Waals surface area contributed by atoms with E-state index in [1.54, 1.807) is 29.1 Å². The van der Waals surface area contributed by atoms with Gasteiger partial charge in [0, 0.05) is 24.0 Å². The molecule has 0 spiro atoms. The minimum absolute atomic E-state index is 0.163. The number of aryl methyl sites for hydroxylation is 2. The number of carbonyl (C=O) groups excluding carboxylic acids is 1. The van der Waals surface area contributed by atoms with Crippen molar-refractivity contribution in [3.8, 4) is 0 Å². The Labute approximate surface area is 163 Å². The summed E-state index contributed by atoms with van der Waals surface area (Å²) in [6.07, 6.45) is 3.37. The maximum absolute atomic E-state index is 12.7. The summed E-state index contributed by atoms with van der Waals surface area (Å²) in [6, 6.07) is 6.79. The molecule has 1 N–H and O–H groups in total. The monoisotopic (exact) mass is 399 g/mol. The Morgan fingerprint density at radius 3 is 2.75 bits per heavy atom. The summed E-state index contributed by atoms with van der Waals surface area (Å²) in [7, 11) is -1.53. The molecule has 8 nitrogen and oxygen atoms in total. The number of pyridine rings is 1. The molecule has 1 atom stereocenters. The predicted molar refractivity (Wildman–Crippen MR) is 108 cm³/mol. The van der Waals surface area contributed by atoms with E-state index >= 15 is 0 Å². The SMILES string of the molecule is Cc1nn(C)c2ncc(NC(=O)c3ccc4c(c3)CC(C)N4S(C)(=O)=O)cc12. The Morgan fingerprint density at radius 1 is 1.29 bits per heavy atom. The zero-order valence-electron chi connectivity index (χ0n) is 16.1. The van der Waals surface area contributed by atoms with Crippen molar-refractivity contribution in [2.45, 2.75) is 26.3 Å². The number of nitrogens with zero attached hydrogens (tertiary/aromatic N) is 4. The van der Waals surface area contributed by atoms with Gasteiger partial charge in [-0.05, 0) is 50.1 Å². The first-order valence-corrected chi connectivity index (χ1v) is 10.7. The number of aromatic nitrogens is 3. The summed E-state index contributed by atoms with van der Waals surface area (Å²) in [5.74, 6) is -0.268. The highest BCUT2D eigenvalue weighted by atomic mass is 32.2. The van der Waals surface area contributed by atoms with Gasteiger partial charge in [-0.2, -0.15) is 5.10 Å². The molecule has 4 rings (SSSR count). The van der Waals surface area contributed by atoms with E-state index in [0.717, 1.165) is 22.3 Å². The fourth-order valence-corrected chi connectivity index (χ4v) is 5.09. The summed E-state index contributed by atoms with van der Waals surface area (Å²) in [5.41, 5.74) is 4.14. The fraction of sp³-hybridized carbons (Fsp3) is 0.316. The second kappa shape index (κ2) is 6.30. The number of fused-ring (bicyclic) bond motifs is 2. The van der Waals surface area contributed by atoms with E-state index in [4.69, 9.17) is 0 Å². The van der Waals surface area contributed by atoms with Crippen molar-refractivity contribution in [1.29, 1.82) is 0 Å². The molecule has 0 bridgehead atoms. The van der Waals surface area contributed by atoms with Gasteiger partial charge >= 0.3 is 0 Å². The highest BCUT2D eigenvalue weighted by Crippen LogP contribution is 2.34. The Morgan fingerprint density at radius 2 is 2.04 bits per heavy atom. The van der Waals surface area contributed by atoms with E-state index in [0.29, 0.717) is 23.4 Å². The number of rotatable bonds is 3. The van der Waals surface area contributed by atoms with Crippen LogP contribution in [0.4, 0.5) is 11.4 Å². The molecule has 1 amide bonds. The van der Waals surface area contributed by atoms with Gasteiger partial charge in [0.2, 0.25) is 10.0 Å². The number of benzene rings is 1. The van der Waals surface area contributed by atoms with Crippen molar-refractivity contribution < 1.29 is 13.2 Å². The van der Waals surface area contributed by atoms with Gasteiger partial charge in [0.15, 0.2) is 5.65 Å². The van der Waals surface area contributed by atoms with Gasteiger partial charge in [-0.15, -0.1) is 0 Å². The van der Waals surface area contributed by atoms with Crippen LogP contribution in [0.15, 0.2) is 30.5 Å². The first kappa shape index (κ1) is 18.4. The van der Waals surface area contributed by atoms with Crippen LogP contribution in [0.1, 0.15) is 28.5 Å². The third-order valence-corrected chi connectivity index (χ3v) is 6.24. The fourth-order valence-electron chi connectivity index (χ4n) is 3.83. The van der Waals surface area contributed by atoms with Crippen LogP contribution in [-0.4, -0.2) is 41.4 Å². The average molecular weight is 399 g/mol. The van der Waals surface area contributed by atoms with Crippen molar-refractivity contribution in [3.63, 3.8) is 0 Å². The minimum atomic E-state index is -3.35. The largest absolute Gasteiger partial charge is 0.321 e. The molecule has 1 aliphatic heterocycles. The molecule has 3 heterocycles. The molecule has 1 unspecified atom stereocenters. The minimum Gasteiger partial charge on any atom is -0.321 e. The van der Waals surface area contributed by atoms with Gasteiger partial charge in [0.25, 0.3) is 5.91 Å². The molecule has 0 saturated heterocycles. The molecular formula is C19H21N5O3S. The van der Waals surface area contributed by atoms with E-state index in [1.807, 2.05) is 27.0 Å². The summed E-state index contributed by atoms with van der Waals surface area (Å²) in [6.45, 7) is 3.75. The summed E-state index contributed by atoms with van der Waals surface area (Å²) >= 11 is 0. The number of carbonyl (C=O) groups is 1. The highest BCUT2D eigenvalue weighted by molar-refractivity contribution is 7.92. The molecule has 28 heavy (non-hydrogen) atoms. The molecule has 0 saturated carbocycles. The van der Waals surface area contributed by atoms with Crippen molar-refractivity contribution in [1.82, 2.24) is 14.8 Å². The van der Waals surface area contributed by atoms with E-state index < -0.39 is 10.0 Å². The standard InChI is InChI=1S/C19H21N5O3S/c1-11-7-14-8-13(5-6-17(14)24(11)28(4,26)27)19(25)21-15-9-16-12(2)22-23(3)18(16)20-10-15/h5-6,8-11H,7H2,1-4H3,(H,21,25). The molecule has 0 fully saturated rings. The second-order valence-electron chi connectivity index (χ2n) is 7.21. The molecule has 0 radical (unpaired) electrons. The summed E-state index contributed by atoms with van der Waals surface area (Å²) in [5, 5.41) is 8.07. The molecule has 1 aromatic carbocycles. The number of hydrogen-bond acceptors (Lipinski definition) is 5. The molecule has 1 aliphatic rings. The molecule has 9 heteroatoms. The van der Waals surface area contributed by atoms with Crippen LogP contribution < -0.4 is 9.62 Å². The smallest absolute Gasteiger partial charge is 0.255 e. The van der Waals surface area contributed by atoms with Crippen molar-refractivity contribution in [2.24, 2.45) is 7.05 Å². The van der Waals surface area contributed by atoms with Crippen LogP contribution in [0, 0.1) is 6.92 Å². The Kier molecular flexibility index (Phi) is 4.15. The Balaban J connectivity index is 1.62. The highest BCUT2D eigenvalue weighted by Gasteiger charge is 2.32. The quantitative estimate of drug-likeness (QED) is 0.728. The number of hydrogen-bond donors (Lipinski definition) is 1. The third kappa shape index (κ3) is 3.01. The predicted octanol–water partition coefficient (Wildman–Crippen LogP) is 2.24. The first-order valence-electron chi connectivity index (χ1n) is 8.88. The number of anilines is 2. The van der Waals surface area contributed by atoms with Gasteiger partial charge < -0.3 is 5.32 Å². The van der Waals surface area contributed by atoms with Crippen LogP contribution in [0.2, 0.25) is 0 Å². The van der Waals surface area contributed by atoms with Gasteiger partial charge in [-0.25, -0.2) is 13.4 Å². The molecule has 2 aromatic heterocycles. The maximum atomic E-state index is 12.7. The number of nitrogens with one attached hydrogen (secondary N) is 1. The topological polar surface area (TPSA) is 97.2 Å². The van der Waals surface area contributed by atoms with Crippen LogP contribution in [-0.2, 0) is 23.5 Å². The van der Waals surface area contributed by atoms with Crippen molar-refractivity contribution in [2.75, 3.05) is 15.9 Å². The lowest BCUT2D eigenvalue weighted by Crippen LogP contribution is -2.34. The summed E-state index contributed by atoms with van der Waals surface area (Å²) < 4.78 is 27.2. The second-order valence-corrected chi connectivity index (χ2v) is 9.07. The van der Waals surface area contributed by atoms with Gasteiger partial charge in [-0.1, -0.05) is 0 Å². The molecule has 146 valence electrons. The zero-order chi connectivity index (χ0) is 20.2. The average Bonchev–Trinajstić information content (AvgIpc) is 3.09. The lowest BCUT2D eigenvalue weighted by molar-refractivity contribution is 0.102. The normalized spacial score (nSPS) is 16.4. The van der Waals surface area contributed by atoms with Crippen LogP contribution in [0.3, 0.4) is 0 Å². The lowest BCUT2D eigenvalue weighted by Gasteiger charge is -2.21. The Hall–Kier alpha value is -2.94. The lowest BCUT2D eigenvalue weighted by atomic mass is 10.1. The van der Waals surface area contributed by atoms with Gasteiger partial charge in [0.1, 0.15) is 0 Å².